The molecule has 3 nitrogen and oxygen atoms in total. The maximum absolute atomic E-state index is 11.1. The topological polar surface area (TPSA) is 38.3 Å². The van der Waals surface area contributed by atoms with Gasteiger partial charge in [0.1, 0.15) is 0 Å². The van der Waals surface area contributed by atoms with E-state index in [1.54, 1.807) is 0 Å². The molecule has 0 amide bonds. The van der Waals surface area contributed by atoms with Gasteiger partial charge >= 0.3 is 5.97 Å². The number of ether oxygens (including phenoxy) is 1. The second-order valence-electron chi connectivity index (χ2n) is 3.64. The van der Waals surface area contributed by atoms with E-state index in [2.05, 4.69) is 24.4 Å². The van der Waals surface area contributed by atoms with Crippen LogP contribution in [0.2, 0.25) is 0 Å². The molecule has 1 aromatic carbocycles. The van der Waals surface area contributed by atoms with Crippen LogP contribution in [0.5, 0.6) is 0 Å². The smallest absolute Gasteiger partial charge is 0.307 e. The molecule has 0 aromatic heterocycles. The predicted octanol–water partition coefficient (Wildman–Crippen LogP) is 2.29. The van der Waals surface area contributed by atoms with Crippen molar-refractivity contribution < 1.29 is 9.53 Å². The van der Waals surface area contributed by atoms with Crippen LogP contribution in [0.1, 0.15) is 31.9 Å². The highest BCUT2D eigenvalue weighted by atomic mass is 16.5. The fraction of sp³-hybridized carbons (Fsp3) is 0.462. The lowest BCUT2D eigenvalue weighted by Gasteiger charge is -2.13. The number of benzene rings is 1. The van der Waals surface area contributed by atoms with E-state index in [9.17, 15) is 4.79 Å². The predicted molar refractivity (Wildman–Crippen MR) is 64.1 cm³/mol. The SMILES string of the molecule is CCOC(=O)CCNC(C)c1ccccc1. The Hall–Kier alpha value is -1.35. The molecule has 1 aromatic rings. The number of rotatable bonds is 6. The molecular formula is C13H19NO2. The molecule has 16 heavy (non-hydrogen) atoms. The molecule has 0 saturated carbocycles. The summed E-state index contributed by atoms with van der Waals surface area (Å²) in [5.41, 5.74) is 1.23. The summed E-state index contributed by atoms with van der Waals surface area (Å²) in [4.78, 5) is 11.1. The molecule has 1 atom stereocenters. The van der Waals surface area contributed by atoms with Gasteiger partial charge in [0.15, 0.2) is 0 Å². The Morgan fingerprint density at radius 1 is 1.38 bits per heavy atom. The summed E-state index contributed by atoms with van der Waals surface area (Å²) >= 11 is 0. The highest BCUT2D eigenvalue weighted by molar-refractivity contribution is 5.69. The van der Waals surface area contributed by atoms with Gasteiger partial charge < -0.3 is 10.1 Å². The van der Waals surface area contributed by atoms with Crippen molar-refractivity contribution >= 4 is 5.97 Å². The van der Waals surface area contributed by atoms with Gasteiger partial charge in [0.25, 0.3) is 0 Å². The summed E-state index contributed by atoms with van der Waals surface area (Å²) in [6, 6.07) is 10.4. The van der Waals surface area contributed by atoms with Gasteiger partial charge in [-0.15, -0.1) is 0 Å². The third-order valence-electron chi connectivity index (χ3n) is 2.38. The van der Waals surface area contributed by atoms with E-state index in [0.29, 0.717) is 19.6 Å². The largest absolute Gasteiger partial charge is 0.466 e. The second kappa shape index (κ2) is 7.01. The zero-order chi connectivity index (χ0) is 11.8. The first-order valence-electron chi connectivity index (χ1n) is 5.68. The van der Waals surface area contributed by atoms with E-state index in [0.717, 1.165) is 0 Å². The van der Waals surface area contributed by atoms with E-state index in [4.69, 9.17) is 4.74 Å². The molecule has 0 radical (unpaired) electrons. The van der Waals surface area contributed by atoms with Crippen molar-refractivity contribution in [3.05, 3.63) is 35.9 Å². The molecule has 0 aliphatic heterocycles. The van der Waals surface area contributed by atoms with E-state index in [1.807, 2.05) is 25.1 Å². The first-order valence-corrected chi connectivity index (χ1v) is 5.68. The van der Waals surface area contributed by atoms with Crippen molar-refractivity contribution in [1.29, 1.82) is 0 Å². The Morgan fingerprint density at radius 2 is 2.06 bits per heavy atom. The molecule has 0 aliphatic carbocycles. The zero-order valence-electron chi connectivity index (χ0n) is 9.90. The van der Waals surface area contributed by atoms with Gasteiger partial charge in [0.2, 0.25) is 0 Å². The molecule has 0 bridgehead atoms. The lowest BCUT2D eigenvalue weighted by atomic mass is 10.1. The van der Waals surface area contributed by atoms with Crippen molar-refractivity contribution in [3.63, 3.8) is 0 Å². The summed E-state index contributed by atoms with van der Waals surface area (Å²) in [5.74, 6) is -0.143. The lowest BCUT2D eigenvalue weighted by molar-refractivity contribution is -0.143. The van der Waals surface area contributed by atoms with Crippen LogP contribution in [0, 0.1) is 0 Å². The van der Waals surface area contributed by atoms with Crippen molar-refractivity contribution in [2.75, 3.05) is 13.2 Å². The minimum atomic E-state index is -0.143. The third kappa shape index (κ3) is 4.45. The van der Waals surface area contributed by atoms with Crippen LogP contribution in [0.15, 0.2) is 30.3 Å². The molecule has 0 aliphatic rings. The molecule has 1 unspecified atom stereocenters. The monoisotopic (exact) mass is 221 g/mol. The minimum absolute atomic E-state index is 0.143. The highest BCUT2D eigenvalue weighted by Crippen LogP contribution is 2.10. The van der Waals surface area contributed by atoms with Crippen molar-refractivity contribution in [1.82, 2.24) is 5.32 Å². The fourth-order valence-corrected chi connectivity index (χ4v) is 1.48. The average molecular weight is 221 g/mol. The number of hydrogen-bond donors (Lipinski definition) is 1. The Morgan fingerprint density at radius 3 is 2.69 bits per heavy atom. The first kappa shape index (κ1) is 12.7. The van der Waals surface area contributed by atoms with Crippen LogP contribution < -0.4 is 5.32 Å². The number of hydrogen-bond acceptors (Lipinski definition) is 3. The van der Waals surface area contributed by atoms with E-state index in [-0.39, 0.29) is 12.0 Å². The summed E-state index contributed by atoms with van der Waals surface area (Å²) in [7, 11) is 0. The fourth-order valence-electron chi connectivity index (χ4n) is 1.48. The van der Waals surface area contributed by atoms with E-state index < -0.39 is 0 Å². The molecule has 88 valence electrons. The van der Waals surface area contributed by atoms with E-state index >= 15 is 0 Å². The average Bonchev–Trinajstić information content (AvgIpc) is 2.30. The van der Waals surface area contributed by atoms with Crippen LogP contribution in [0.25, 0.3) is 0 Å². The maximum atomic E-state index is 11.1. The molecule has 0 fully saturated rings. The summed E-state index contributed by atoms with van der Waals surface area (Å²) in [6.45, 7) is 5.00. The molecule has 0 saturated heterocycles. The van der Waals surface area contributed by atoms with Gasteiger partial charge in [-0.2, -0.15) is 0 Å². The van der Waals surface area contributed by atoms with Gasteiger partial charge in [0.05, 0.1) is 13.0 Å². The van der Waals surface area contributed by atoms with Crippen LogP contribution in [0.3, 0.4) is 0 Å². The summed E-state index contributed by atoms with van der Waals surface area (Å²) in [5, 5.41) is 3.29. The Balaban J connectivity index is 2.26. The Bertz CT molecular complexity index is 311. The number of carbonyl (C=O) groups is 1. The Labute approximate surface area is 96.8 Å². The van der Waals surface area contributed by atoms with Gasteiger partial charge in [-0.25, -0.2) is 0 Å². The summed E-state index contributed by atoms with van der Waals surface area (Å²) in [6.07, 6.45) is 0.422. The molecule has 1 rings (SSSR count). The van der Waals surface area contributed by atoms with Gasteiger partial charge in [-0.05, 0) is 19.4 Å². The van der Waals surface area contributed by atoms with Crippen molar-refractivity contribution in [3.8, 4) is 0 Å². The number of esters is 1. The quantitative estimate of drug-likeness (QED) is 0.749. The van der Waals surface area contributed by atoms with Crippen LogP contribution in [-0.4, -0.2) is 19.1 Å². The lowest BCUT2D eigenvalue weighted by Crippen LogP contribution is -2.22. The minimum Gasteiger partial charge on any atom is -0.466 e. The van der Waals surface area contributed by atoms with Crippen molar-refractivity contribution in [2.24, 2.45) is 0 Å². The standard InChI is InChI=1S/C13H19NO2/c1-3-16-13(15)9-10-14-11(2)12-7-5-4-6-8-12/h4-8,11,14H,3,9-10H2,1-2H3. The molecule has 0 spiro atoms. The zero-order valence-corrected chi connectivity index (χ0v) is 9.90. The normalized spacial score (nSPS) is 12.1. The van der Waals surface area contributed by atoms with Crippen LogP contribution in [0.4, 0.5) is 0 Å². The van der Waals surface area contributed by atoms with Gasteiger partial charge in [0, 0.05) is 12.6 Å². The third-order valence-corrected chi connectivity index (χ3v) is 2.38. The molecular weight excluding hydrogens is 202 g/mol. The first-order chi connectivity index (χ1) is 7.74. The number of nitrogens with one attached hydrogen (secondary N) is 1. The highest BCUT2D eigenvalue weighted by Gasteiger charge is 2.05. The number of carbonyl (C=O) groups excluding carboxylic acids is 1. The molecule has 1 N–H and O–H groups in total. The molecule has 3 heteroatoms. The molecule has 0 heterocycles. The van der Waals surface area contributed by atoms with Gasteiger partial charge in [-0.3, -0.25) is 4.79 Å². The maximum Gasteiger partial charge on any atom is 0.307 e. The van der Waals surface area contributed by atoms with Crippen molar-refractivity contribution in [2.45, 2.75) is 26.3 Å². The van der Waals surface area contributed by atoms with Crippen LogP contribution >= 0.6 is 0 Å². The summed E-state index contributed by atoms with van der Waals surface area (Å²) < 4.78 is 4.85. The van der Waals surface area contributed by atoms with Gasteiger partial charge in [-0.1, -0.05) is 30.3 Å². The van der Waals surface area contributed by atoms with E-state index in [1.165, 1.54) is 5.56 Å². The van der Waals surface area contributed by atoms with Crippen LogP contribution in [-0.2, 0) is 9.53 Å². The second-order valence-corrected chi connectivity index (χ2v) is 3.64. The Kier molecular flexibility index (Phi) is 5.57.